The molecule has 0 spiro atoms. The minimum absolute atomic E-state index is 0.661. The first kappa shape index (κ1) is 38.1. The summed E-state index contributed by atoms with van der Waals surface area (Å²) in [6, 6.07) is 52.2. The normalized spacial score (nSPS) is 17.5. The third-order valence-corrected chi connectivity index (χ3v) is 10.2. The maximum atomic E-state index is 5.21. The van der Waals surface area contributed by atoms with Gasteiger partial charge < -0.3 is 9.80 Å². The summed E-state index contributed by atoms with van der Waals surface area (Å²) in [5.41, 5.74) is 13.6. The van der Waals surface area contributed by atoms with Crippen molar-refractivity contribution in [1.29, 1.82) is 0 Å². The number of benzene rings is 5. The van der Waals surface area contributed by atoms with E-state index in [1.54, 1.807) is 0 Å². The molecule has 5 aliphatic rings. The quantitative estimate of drug-likeness (QED) is 0.174. The van der Waals surface area contributed by atoms with E-state index in [9.17, 15) is 0 Å². The van der Waals surface area contributed by atoms with Crippen molar-refractivity contribution in [2.45, 2.75) is 52.9 Å². The van der Waals surface area contributed by atoms with Gasteiger partial charge in [-0.25, -0.2) is 0 Å². The Morgan fingerprint density at radius 3 is 1.18 bits per heavy atom. The van der Waals surface area contributed by atoms with Gasteiger partial charge in [-0.05, 0) is 60.1 Å². The van der Waals surface area contributed by atoms with Gasteiger partial charge in [0, 0.05) is 87.4 Å². The van der Waals surface area contributed by atoms with E-state index < -0.39 is 0 Å². The molecular formula is C50H52N6. The first-order chi connectivity index (χ1) is 27.6. The molecule has 5 aromatic rings. The highest BCUT2D eigenvalue weighted by molar-refractivity contribution is 6.21. The summed E-state index contributed by atoms with van der Waals surface area (Å²) in [6.45, 7) is 9.84. The van der Waals surface area contributed by atoms with Crippen molar-refractivity contribution >= 4 is 35.2 Å². The van der Waals surface area contributed by atoms with Crippen LogP contribution in [0.3, 0.4) is 0 Å². The molecule has 0 aromatic heterocycles. The van der Waals surface area contributed by atoms with Gasteiger partial charge in [0.15, 0.2) is 0 Å². The third kappa shape index (κ3) is 10.1. The molecular weight excluding hydrogens is 685 g/mol. The highest BCUT2D eigenvalue weighted by Crippen LogP contribution is 2.31. The monoisotopic (exact) mass is 736 g/mol. The molecule has 0 unspecified atom stereocenters. The maximum Gasteiger partial charge on any atom is 0.0553 e. The summed E-state index contributed by atoms with van der Waals surface area (Å²) in [5.74, 6) is 0. The molecule has 5 aliphatic heterocycles. The fourth-order valence-electron chi connectivity index (χ4n) is 7.39. The molecule has 10 rings (SSSR count). The number of nitrogens with zero attached hydrogens (tertiary/aromatic N) is 6. The van der Waals surface area contributed by atoms with Crippen LogP contribution in [-0.2, 0) is 26.2 Å². The lowest BCUT2D eigenvalue weighted by atomic mass is 9.99. The average Bonchev–Trinajstić information content (AvgIpc) is 3.23. The fraction of sp³-hybridized carbons (Fsp3) is 0.240. The van der Waals surface area contributed by atoms with Crippen LogP contribution in [0.2, 0.25) is 0 Å². The van der Waals surface area contributed by atoms with Crippen LogP contribution >= 0.6 is 0 Å². The Balaban J connectivity index is 1.44. The zero-order chi connectivity index (χ0) is 38.4. The molecule has 6 nitrogen and oxygen atoms in total. The number of allylic oxidation sites excluding steroid dienone is 2. The average molecular weight is 737 g/mol. The van der Waals surface area contributed by atoms with Crippen LogP contribution in [0.15, 0.2) is 177 Å². The van der Waals surface area contributed by atoms with Crippen LogP contribution in [-0.4, -0.2) is 59.8 Å². The van der Waals surface area contributed by atoms with Crippen molar-refractivity contribution in [3.63, 3.8) is 0 Å². The smallest absolute Gasteiger partial charge is 0.0553 e. The lowest BCUT2D eigenvalue weighted by Crippen LogP contribution is -2.25. The second-order valence-electron chi connectivity index (χ2n) is 14.5. The van der Waals surface area contributed by atoms with Crippen LogP contribution in [0, 0.1) is 0 Å². The molecule has 5 heterocycles. The number of hydrogen-bond donors (Lipinski definition) is 0. The van der Waals surface area contributed by atoms with Crippen molar-refractivity contribution in [1.82, 2.24) is 9.80 Å². The Hall–Kier alpha value is -6.14. The Bertz CT molecular complexity index is 2040. The van der Waals surface area contributed by atoms with E-state index in [0.29, 0.717) is 26.2 Å². The first-order valence-electron chi connectivity index (χ1n) is 19.9. The van der Waals surface area contributed by atoms with E-state index in [4.69, 9.17) is 20.0 Å². The largest absolute Gasteiger partial charge is 0.362 e. The summed E-state index contributed by atoms with van der Waals surface area (Å²) >= 11 is 0. The molecule has 0 saturated carbocycles. The first-order valence-corrected chi connectivity index (χ1v) is 19.9. The minimum atomic E-state index is 0.661. The van der Waals surface area contributed by atoms with Gasteiger partial charge in [-0.2, -0.15) is 0 Å². The van der Waals surface area contributed by atoms with Gasteiger partial charge in [0.05, 0.1) is 11.4 Å². The van der Waals surface area contributed by atoms with E-state index in [1.807, 2.05) is 0 Å². The van der Waals surface area contributed by atoms with Crippen LogP contribution in [0.4, 0.5) is 0 Å². The summed E-state index contributed by atoms with van der Waals surface area (Å²) in [4.78, 5) is 25.6. The van der Waals surface area contributed by atoms with Gasteiger partial charge in [-0.3, -0.25) is 20.0 Å². The topological polar surface area (TPSA) is 55.9 Å². The van der Waals surface area contributed by atoms with Gasteiger partial charge >= 0.3 is 0 Å². The lowest BCUT2D eigenvalue weighted by Gasteiger charge is -2.31. The van der Waals surface area contributed by atoms with Crippen molar-refractivity contribution < 1.29 is 0 Å². The summed E-state index contributed by atoms with van der Waals surface area (Å²) in [7, 11) is 0. The van der Waals surface area contributed by atoms with Crippen molar-refractivity contribution in [3.05, 3.63) is 190 Å². The lowest BCUT2D eigenvalue weighted by molar-refractivity contribution is 0.380. The molecule has 0 radical (unpaired) electrons. The molecule has 5 aromatic carbocycles. The van der Waals surface area contributed by atoms with Crippen molar-refractivity contribution in [2.75, 3.05) is 26.2 Å². The van der Waals surface area contributed by atoms with Gasteiger partial charge in [-0.15, -0.1) is 0 Å². The van der Waals surface area contributed by atoms with Gasteiger partial charge in [-0.1, -0.05) is 146 Å². The molecule has 0 saturated heterocycles. The zero-order valence-corrected chi connectivity index (χ0v) is 32.8. The molecule has 0 amide bonds. The van der Waals surface area contributed by atoms with E-state index in [-0.39, 0.29) is 0 Å². The number of hydrogen-bond acceptors (Lipinski definition) is 6. The Labute approximate surface area is 333 Å². The third-order valence-electron chi connectivity index (χ3n) is 10.2. The Morgan fingerprint density at radius 2 is 0.786 bits per heavy atom. The Morgan fingerprint density at radius 1 is 0.429 bits per heavy atom. The maximum absolute atomic E-state index is 5.21. The summed E-state index contributed by atoms with van der Waals surface area (Å²) < 4.78 is 0. The molecule has 0 atom stereocenters. The molecule has 0 N–H and O–H groups in total. The van der Waals surface area contributed by atoms with Gasteiger partial charge in [0.1, 0.15) is 0 Å². The molecule has 56 heavy (non-hydrogen) atoms. The van der Waals surface area contributed by atoms with E-state index in [1.165, 1.54) is 22.3 Å². The molecule has 6 heteroatoms. The highest BCUT2D eigenvalue weighted by atomic mass is 15.1. The standard InChI is InChI=1S/C50H52N6/c1-39-47-33-51-29-15-30-52-34-48(40(2)54-32-16-31-53-39)50(46-23-13-6-14-24-46)56(36-42-19-9-4-10-20-42)38-44-27-25-43(26-28-44)37-55(35-41-17-7-3-8-18-41)49(47)45-21-11-5-12-22-45/h3-14,17-28,33-34H,15-16,29-32,35-38H2,1-2H3/b49-47-,50-48?,51-33?,52-34?,53-39?,54-40?. The molecule has 0 fully saturated rings. The van der Waals surface area contributed by atoms with E-state index >= 15 is 0 Å². The molecule has 0 aliphatic carbocycles. The van der Waals surface area contributed by atoms with E-state index in [2.05, 4.69) is 182 Å². The van der Waals surface area contributed by atoms with Gasteiger partial charge in [0.25, 0.3) is 0 Å². The van der Waals surface area contributed by atoms with Crippen LogP contribution in [0.25, 0.3) is 11.4 Å². The van der Waals surface area contributed by atoms with Crippen LogP contribution < -0.4 is 0 Å². The SMILES string of the molecule is CC1=NCCCN=C(C)/C2=C(/c3ccccc3)N(Cc3ccccc3)Cc3ccc(cc3)CN(Cc3ccccc3)C(c3ccccc3)=C1C=NCCCN=C2. The Kier molecular flexibility index (Phi) is 13.2. The van der Waals surface area contributed by atoms with Crippen LogP contribution in [0.1, 0.15) is 60.1 Å². The predicted octanol–water partition coefficient (Wildman–Crippen LogP) is 10.4. The molecule has 282 valence electrons. The second-order valence-corrected chi connectivity index (χ2v) is 14.5. The number of rotatable bonds is 6. The second kappa shape index (κ2) is 19.4. The fourth-order valence-corrected chi connectivity index (χ4v) is 7.39. The zero-order valence-electron chi connectivity index (χ0n) is 32.8. The summed E-state index contributed by atoms with van der Waals surface area (Å²) in [6.07, 6.45) is 5.78. The highest BCUT2D eigenvalue weighted by Gasteiger charge is 2.22. The van der Waals surface area contributed by atoms with Crippen molar-refractivity contribution in [2.24, 2.45) is 20.0 Å². The molecule has 4 bridgehead atoms. The van der Waals surface area contributed by atoms with Crippen LogP contribution in [0.5, 0.6) is 0 Å². The van der Waals surface area contributed by atoms with Gasteiger partial charge in [0.2, 0.25) is 0 Å². The predicted molar refractivity (Wildman–Crippen MR) is 236 cm³/mol. The number of aliphatic imine (C=N–C) groups is 4. The summed E-state index contributed by atoms with van der Waals surface area (Å²) in [5, 5.41) is 0. The minimum Gasteiger partial charge on any atom is -0.362 e. The van der Waals surface area contributed by atoms with Crippen molar-refractivity contribution in [3.8, 4) is 0 Å². The van der Waals surface area contributed by atoms with E-state index in [0.717, 1.165) is 84.1 Å².